The quantitative estimate of drug-likeness (QED) is 0.370. The third-order valence-electron chi connectivity index (χ3n) is 0.968. The van der Waals surface area contributed by atoms with Gasteiger partial charge in [0.25, 0.3) is 0 Å². The largest absolute Gasteiger partial charge is 0.260 e. The summed E-state index contributed by atoms with van der Waals surface area (Å²) in [6.07, 6.45) is 4.78. The zero-order valence-electron chi connectivity index (χ0n) is 5.12. The highest BCUT2D eigenvalue weighted by molar-refractivity contribution is 4.81. The molecule has 0 atom stereocenters. The van der Waals surface area contributed by atoms with Crippen LogP contribution in [0.4, 0.5) is 0 Å². The Bertz CT molecular complexity index is 105. The van der Waals surface area contributed by atoms with Crippen molar-refractivity contribution in [2.24, 2.45) is 5.84 Å². The predicted octanol–water partition coefficient (Wildman–Crippen LogP) is -0.0148. The summed E-state index contributed by atoms with van der Waals surface area (Å²) in [5, 5.41) is 0.892. The predicted molar refractivity (Wildman–Crippen MR) is 31.7 cm³/mol. The molecular weight excluding hydrogens is 120 g/mol. The van der Waals surface area contributed by atoms with Crippen molar-refractivity contribution in [2.45, 2.75) is 6.42 Å². The molecular formula is C5H10N2O2. The van der Waals surface area contributed by atoms with E-state index in [1.165, 1.54) is 0 Å². The lowest BCUT2D eigenvalue weighted by atomic mass is 10.4. The van der Waals surface area contributed by atoms with Crippen LogP contribution in [0.5, 0.6) is 0 Å². The summed E-state index contributed by atoms with van der Waals surface area (Å²) in [4.78, 5) is 9.61. The van der Waals surface area contributed by atoms with Crippen LogP contribution in [0, 0.1) is 0 Å². The second-order valence-electron chi connectivity index (χ2n) is 1.67. The zero-order chi connectivity index (χ0) is 6.53. The van der Waals surface area contributed by atoms with Crippen LogP contribution in [-0.4, -0.2) is 18.5 Å². The van der Waals surface area contributed by atoms with Gasteiger partial charge in [0.15, 0.2) is 0 Å². The summed E-state index contributed by atoms with van der Waals surface area (Å²) in [6, 6.07) is 0. The summed E-state index contributed by atoms with van der Waals surface area (Å²) < 4.78 is 0. The Kier molecular flexibility index (Phi) is 2.66. The van der Waals surface area contributed by atoms with E-state index < -0.39 is 0 Å². The Balaban J connectivity index is 2.27. The van der Waals surface area contributed by atoms with Crippen LogP contribution in [0.25, 0.3) is 0 Å². The van der Waals surface area contributed by atoms with Crippen molar-refractivity contribution in [1.82, 2.24) is 5.34 Å². The molecule has 0 radical (unpaired) electrons. The van der Waals surface area contributed by atoms with Crippen LogP contribution in [0.15, 0.2) is 12.2 Å². The summed E-state index contributed by atoms with van der Waals surface area (Å²) in [6.45, 7) is 1.06. The Labute approximate surface area is 53.7 Å². The molecule has 1 aliphatic heterocycles. The van der Waals surface area contributed by atoms with Crippen molar-refractivity contribution < 1.29 is 9.68 Å². The Morgan fingerprint density at radius 2 is 2.22 bits per heavy atom. The second-order valence-corrected chi connectivity index (χ2v) is 1.67. The van der Waals surface area contributed by atoms with Crippen molar-refractivity contribution in [3.63, 3.8) is 0 Å². The molecule has 4 heteroatoms. The SMILES string of the molecule is NN1OCC=CCCO1. The van der Waals surface area contributed by atoms with Gasteiger partial charge >= 0.3 is 0 Å². The van der Waals surface area contributed by atoms with E-state index in [1.807, 2.05) is 12.2 Å². The molecule has 0 fully saturated rings. The average molecular weight is 130 g/mol. The van der Waals surface area contributed by atoms with Crippen LogP contribution in [0.2, 0.25) is 0 Å². The minimum absolute atomic E-state index is 0.483. The van der Waals surface area contributed by atoms with Gasteiger partial charge in [-0.25, -0.2) is 5.84 Å². The third-order valence-corrected chi connectivity index (χ3v) is 0.968. The van der Waals surface area contributed by atoms with Crippen molar-refractivity contribution in [1.29, 1.82) is 0 Å². The number of rotatable bonds is 0. The molecule has 52 valence electrons. The first kappa shape index (κ1) is 6.70. The maximum atomic E-state index is 5.16. The van der Waals surface area contributed by atoms with Crippen LogP contribution >= 0.6 is 0 Å². The summed E-state index contributed by atoms with van der Waals surface area (Å²) in [5.41, 5.74) is 0. The van der Waals surface area contributed by atoms with Crippen molar-refractivity contribution in [3.8, 4) is 0 Å². The summed E-state index contributed by atoms with van der Waals surface area (Å²) in [5.74, 6) is 5.16. The number of nitrogens with two attached hydrogens (primary N) is 1. The van der Waals surface area contributed by atoms with E-state index in [0.717, 1.165) is 11.8 Å². The van der Waals surface area contributed by atoms with E-state index in [9.17, 15) is 0 Å². The van der Waals surface area contributed by atoms with Gasteiger partial charge in [-0.05, 0) is 6.42 Å². The van der Waals surface area contributed by atoms with Crippen LogP contribution < -0.4 is 5.84 Å². The molecule has 0 aromatic heterocycles. The van der Waals surface area contributed by atoms with Crippen molar-refractivity contribution in [2.75, 3.05) is 13.2 Å². The number of hydrogen-bond donors (Lipinski definition) is 1. The number of hydrazine groups is 1. The summed E-state index contributed by atoms with van der Waals surface area (Å²) >= 11 is 0. The highest BCUT2D eigenvalue weighted by atomic mass is 17.0. The van der Waals surface area contributed by atoms with E-state index in [2.05, 4.69) is 0 Å². The lowest BCUT2D eigenvalue weighted by Crippen LogP contribution is -2.32. The number of hydrogen-bond acceptors (Lipinski definition) is 4. The fourth-order valence-electron chi connectivity index (χ4n) is 0.550. The van der Waals surface area contributed by atoms with Gasteiger partial charge in [0.05, 0.1) is 13.2 Å². The smallest absolute Gasteiger partial charge is 0.0908 e. The molecule has 2 N–H and O–H groups in total. The topological polar surface area (TPSA) is 47.7 Å². The van der Waals surface area contributed by atoms with Gasteiger partial charge < -0.3 is 0 Å². The molecule has 1 heterocycles. The molecule has 0 unspecified atom stereocenters. The van der Waals surface area contributed by atoms with Crippen molar-refractivity contribution >= 4 is 0 Å². The molecule has 1 aliphatic rings. The lowest BCUT2D eigenvalue weighted by molar-refractivity contribution is -0.368. The molecule has 0 amide bonds. The fourth-order valence-corrected chi connectivity index (χ4v) is 0.550. The normalized spacial score (nSPS) is 23.2. The molecule has 1 rings (SSSR count). The summed E-state index contributed by atoms with van der Waals surface area (Å²) in [7, 11) is 0. The molecule has 0 saturated heterocycles. The molecule has 0 aromatic carbocycles. The minimum Gasteiger partial charge on any atom is -0.260 e. The molecule has 0 spiro atoms. The van der Waals surface area contributed by atoms with E-state index in [-0.39, 0.29) is 0 Å². The van der Waals surface area contributed by atoms with E-state index in [4.69, 9.17) is 15.5 Å². The Hall–Kier alpha value is -0.420. The highest BCUT2D eigenvalue weighted by Gasteiger charge is 1.98. The zero-order valence-corrected chi connectivity index (χ0v) is 5.12. The second kappa shape index (κ2) is 3.58. The Morgan fingerprint density at radius 3 is 3.11 bits per heavy atom. The fraction of sp³-hybridized carbons (Fsp3) is 0.600. The molecule has 0 aliphatic carbocycles. The van der Waals surface area contributed by atoms with Crippen LogP contribution in [0.1, 0.15) is 6.42 Å². The minimum atomic E-state index is 0.483. The average Bonchev–Trinajstić information content (AvgIpc) is 1.79. The lowest BCUT2D eigenvalue weighted by Gasteiger charge is -2.14. The maximum Gasteiger partial charge on any atom is 0.0908 e. The highest BCUT2D eigenvalue weighted by Crippen LogP contribution is 1.93. The molecule has 4 nitrogen and oxygen atoms in total. The standard InChI is InChI=1S/C5H10N2O2/c6-7-8-4-2-1-3-5-9-7/h1-2H,3-6H2. The van der Waals surface area contributed by atoms with Crippen molar-refractivity contribution in [3.05, 3.63) is 12.2 Å². The van der Waals surface area contributed by atoms with E-state index in [0.29, 0.717) is 13.2 Å². The van der Waals surface area contributed by atoms with E-state index >= 15 is 0 Å². The molecule has 0 saturated carbocycles. The van der Waals surface area contributed by atoms with E-state index in [1.54, 1.807) is 0 Å². The molecule has 0 bridgehead atoms. The third kappa shape index (κ3) is 2.57. The van der Waals surface area contributed by atoms with Gasteiger partial charge in [-0.1, -0.05) is 12.2 Å². The van der Waals surface area contributed by atoms with Gasteiger partial charge in [0.2, 0.25) is 0 Å². The maximum absolute atomic E-state index is 5.16. The first-order chi connectivity index (χ1) is 4.39. The Morgan fingerprint density at radius 1 is 1.33 bits per heavy atom. The number of nitrogens with zero attached hydrogens (tertiary/aromatic N) is 1. The van der Waals surface area contributed by atoms with Gasteiger partial charge in [-0.3, -0.25) is 9.68 Å². The van der Waals surface area contributed by atoms with Gasteiger partial charge in [-0.2, -0.15) is 0 Å². The van der Waals surface area contributed by atoms with Gasteiger partial charge in [0.1, 0.15) is 0 Å². The van der Waals surface area contributed by atoms with Crippen LogP contribution in [0.3, 0.4) is 0 Å². The molecule has 0 aromatic rings. The first-order valence-corrected chi connectivity index (χ1v) is 2.85. The van der Waals surface area contributed by atoms with Gasteiger partial charge in [0, 0.05) is 5.34 Å². The molecule has 9 heavy (non-hydrogen) atoms. The monoisotopic (exact) mass is 130 g/mol. The first-order valence-electron chi connectivity index (χ1n) is 2.85. The van der Waals surface area contributed by atoms with Gasteiger partial charge in [-0.15, -0.1) is 0 Å². The van der Waals surface area contributed by atoms with Crippen LogP contribution in [-0.2, 0) is 9.68 Å².